The topological polar surface area (TPSA) is 70.6 Å². The Morgan fingerprint density at radius 3 is 2.35 bits per heavy atom. The Labute approximate surface area is 105 Å². The van der Waals surface area contributed by atoms with Gasteiger partial charge >= 0.3 is 6.09 Å². The zero-order valence-electron chi connectivity index (χ0n) is 11.8. The van der Waals surface area contributed by atoms with Gasteiger partial charge in [-0.2, -0.15) is 0 Å². The van der Waals surface area contributed by atoms with E-state index >= 15 is 0 Å². The third kappa shape index (κ3) is 6.65. The molecule has 0 bridgehead atoms. The van der Waals surface area contributed by atoms with Crippen LogP contribution in [0.5, 0.6) is 0 Å². The molecule has 5 nitrogen and oxygen atoms in total. The number of amides is 1. The smallest absolute Gasteiger partial charge is 0.419 e. The Bertz CT molecular complexity index is 252. The van der Waals surface area contributed by atoms with Crippen LogP contribution in [0.25, 0.3) is 0 Å². The Hall–Kier alpha value is -0.593. The summed E-state index contributed by atoms with van der Waals surface area (Å²) >= 11 is 0. The summed E-state index contributed by atoms with van der Waals surface area (Å²) in [5.74, 6) is 0.274. The molecule has 0 aliphatic heterocycles. The van der Waals surface area contributed by atoms with E-state index < -0.39 is 14.4 Å². The van der Waals surface area contributed by atoms with Crippen LogP contribution in [0, 0.1) is 5.92 Å². The minimum atomic E-state index is -1.69. The SMILES string of the molecule is CC(CNNC(=O)O)CO[Si](C)(C)C(C)(C)C. The maximum absolute atomic E-state index is 10.2. The fourth-order valence-electron chi connectivity index (χ4n) is 0.927. The van der Waals surface area contributed by atoms with Crippen LogP contribution in [0.1, 0.15) is 27.7 Å². The first kappa shape index (κ1) is 16.4. The molecular formula is C11H26N2O3Si. The highest BCUT2D eigenvalue weighted by Gasteiger charge is 2.37. The molecular weight excluding hydrogens is 236 g/mol. The highest BCUT2D eigenvalue weighted by molar-refractivity contribution is 6.74. The van der Waals surface area contributed by atoms with Crippen LogP contribution in [-0.2, 0) is 4.43 Å². The van der Waals surface area contributed by atoms with Gasteiger partial charge in [0.05, 0.1) is 0 Å². The zero-order valence-corrected chi connectivity index (χ0v) is 12.8. The summed E-state index contributed by atoms with van der Waals surface area (Å²) in [4.78, 5) is 10.2. The summed E-state index contributed by atoms with van der Waals surface area (Å²) in [5.41, 5.74) is 4.77. The van der Waals surface area contributed by atoms with E-state index in [1.165, 1.54) is 0 Å². The quantitative estimate of drug-likeness (QED) is 0.508. The summed E-state index contributed by atoms with van der Waals surface area (Å²) in [7, 11) is -1.69. The Balaban J connectivity index is 3.91. The minimum Gasteiger partial charge on any atom is -0.464 e. The van der Waals surface area contributed by atoms with Crippen molar-refractivity contribution in [3.8, 4) is 0 Å². The molecule has 0 spiro atoms. The second kappa shape index (κ2) is 6.37. The predicted octanol–water partition coefficient (Wildman–Crippen LogP) is 2.42. The van der Waals surface area contributed by atoms with E-state index in [1.54, 1.807) is 0 Å². The standard InChI is InChI=1S/C11H26N2O3Si/c1-9(7-12-13-10(14)15)8-16-17(5,6)11(2,3)4/h9,12-13H,7-8H2,1-6H3,(H,14,15). The Morgan fingerprint density at radius 2 is 1.94 bits per heavy atom. The molecule has 0 radical (unpaired) electrons. The largest absolute Gasteiger partial charge is 0.464 e. The van der Waals surface area contributed by atoms with Crippen LogP contribution in [-0.4, -0.2) is 32.7 Å². The average molecular weight is 262 g/mol. The van der Waals surface area contributed by atoms with Crippen LogP contribution in [0.3, 0.4) is 0 Å². The third-order valence-corrected chi connectivity index (χ3v) is 7.68. The van der Waals surface area contributed by atoms with E-state index in [4.69, 9.17) is 9.53 Å². The van der Waals surface area contributed by atoms with Gasteiger partial charge < -0.3 is 9.53 Å². The molecule has 1 atom stereocenters. The molecule has 102 valence electrons. The fourth-order valence-corrected chi connectivity index (χ4v) is 2.06. The number of hydrazine groups is 1. The first-order valence-corrected chi connectivity index (χ1v) is 8.83. The number of nitrogens with one attached hydrogen (secondary N) is 2. The molecule has 0 aromatic heterocycles. The monoisotopic (exact) mass is 262 g/mol. The van der Waals surface area contributed by atoms with E-state index in [0.29, 0.717) is 13.2 Å². The van der Waals surface area contributed by atoms with E-state index in [1.807, 2.05) is 6.92 Å². The van der Waals surface area contributed by atoms with Crippen molar-refractivity contribution in [1.29, 1.82) is 0 Å². The second-order valence-corrected chi connectivity index (χ2v) is 10.8. The molecule has 6 heteroatoms. The van der Waals surface area contributed by atoms with Crippen molar-refractivity contribution in [1.82, 2.24) is 10.9 Å². The lowest BCUT2D eigenvalue weighted by Gasteiger charge is -2.37. The summed E-state index contributed by atoms with van der Waals surface area (Å²) < 4.78 is 6.04. The first-order valence-electron chi connectivity index (χ1n) is 5.92. The molecule has 0 saturated heterocycles. The number of hydrogen-bond acceptors (Lipinski definition) is 3. The lowest BCUT2D eigenvalue weighted by atomic mass is 10.2. The van der Waals surface area contributed by atoms with Gasteiger partial charge in [0.1, 0.15) is 0 Å². The molecule has 1 amide bonds. The van der Waals surface area contributed by atoms with Gasteiger partial charge in [-0.15, -0.1) is 0 Å². The van der Waals surface area contributed by atoms with Crippen LogP contribution in [0.4, 0.5) is 4.79 Å². The van der Waals surface area contributed by atoms with Crippen molar-refractivity contribution >= 4 is 14.4 Å². The lowest BCUT2D eigenvalue weighted by molar-refractivity contribution is 0.184. The lowest BCUT2D eigenvalue weighted by Crippen LogP contribution is -2.44. The van der Waals surface area contributed by atoms with Gasteiger partial charge in [0.15, 0.2) is 8.32 Å². The van der Waals surface area contributed by atoms with Crippen molar-refractivity contribution in [3.05, 3.63) is 0 Å². The first-order chi connectivity index (χ1) is 7.56. The van der Waals surface area contributed by atoms with Gasteiger partial charge in [0.25, 0.3) is 0 Å². The van der Waals surface area contributed by atoms with E-state index in [2.05, 4.69) is 44.7 Å². The molecule has 0 saturated carbocycles. The molecule has 0 heterocycles. The van der Waals surface area contributed by atoms with Crippen molar-refractivity contribution in [2.45, 2.75) is 45.8 Å². The van der Waals surface area contributed by atoms with Gasteiger partial charge in [-0.3, -0.25) is 5.43 Å². The predicted molar refractivity (Wildman–Crippen MR) is 71.5 cm³/mol. The van der Waals surface area contributed by atoms with Gasteiger partial charge in [-0.05, 0) is 24.1 Å². The third-order valence-electron chi connectivity index (χ3n) is 3.18. The van der Waals surface area contributed by atoms with Crippen LogP contribution in [0.2, 0.25) is 18.1 Å². The van der Waals surface area contributed by atoms with Crippen LogP contribution in [0.15, 0.2) is 0 Å². The summed E-state index contributed by atoms with van der Waals surface area (Å²) in [5, 5.41) is 8.60. The van der Waals surface area contributed by atoms with Crippen LogP contribution >= 0.6 is 0 Å². The minimum absolute atomic E-state index is 0.208. The van der Waals surface area contributed by atoms with E-state index in [-0.39, 0.29) is 11.0 Å². The van der Waals surface area contributed by atoms with Gasteiger partial charge in [-0.25, -0.2) is 10.2 Å². The molecule has 0 aromatic carbocycles. The van der Waals surface area contributed by atoms with E-state index in [9.17, 15) is 4.79 Å². The molecule has 3 N–H and O–H groups in total. The maximum atomic E-state index is 10.2. The van der Waals surface area contributed by atoms with Crippen molar-refractivity contribution in [2.75, 3.05) is 13.2 Å². The molecule has 0 aromatic rings. The molecule has 1 unspecified atom stereocenters. The number of carbonyl (C=O) groups is 1. The number of rotatable bonds is 6. The van der Waals surface area contributed by atoms with Crippen molar-refractivity contribution in [3.63, 3.8) is 0 Å². The normalized spacial score (nSPS) is 14.5. The highest BCUT2D eigenvalue weighted by atomic mass is 28.4. The molecule has 0 rings (SSSR count). The van der Waals surface area contributed by atoms with E-state index in [0.717, 1.165) is 0 Å². The Morgan fingerprint density at radius 1 is 1.41 bits per heavy atom. The molecule has 0 aliphatic rings. The van der Waals surface area contributed by atoms with Gasteiger partial charge in [0, 0.05) is 13.2 Å². The second-order valence-electron chi connectivity index (χ2n) is 5.99. The average Bonchev–Trinajstić information content (AvgIpc) is 2.12. The van der Waals surface area contributed by atoms with Crippen molar-refractivity contribution in [2.24, 2.45) is 5.92 Å². The van der Waals surface area contributed by atoms with Gasteiger partial charge in [0.2, 0.25) is 0 Å². The molecule has 17 heavy (non-hydrogen) atoms. The summed E-state index contributed by atoms with van der Waals surface area (Å²) in [6, 6.07) is 0. The van der Waals surface area contributed by atoms with Crippen molar-refractivity contribution < 1.29 is 14.3 Å². The van der Waals surface area contributed by atoms with Crippen LogP contribution < -0.4 is 10.9 Å². The molecule has 0 fully saturated rings. The zero-order chi connectivity index (χ0) is 13.7. The molecule has 0 aliphatic carbocycles. The fraction of sp³-hybridized carbons (Fsp3) is 0.909. The maximum Gasteiger partial charge on any atom is 0.419 e. The highest BCUT2D eigenvalue weighted by Crippen LogP contribution is 2.36. The Kier molecular flexibility index (Phi) is 6.15. The number of hydrogen-bond donors (Lipinski definition) is 3. The van der Waals surface area contributed by atoms with Gasteiger partial charge in [-0.1, -0.05) is 27.7 Å². The summed E-state index contributed by atoms with van der Waals surface area (Å²) in [6.07, 6.45) is -1.07. The summed E-state index contributed by atoms with van der Waals surface area (Å²) in [6.45, 7) is 14.3. The number of carboxylic acid groups (broad SMARTS) is 1.